The molecule has 4 heteroatoms. The van der Waals surface area contributed by atoms with Crippen LogP contribution in [-0.4, -0.2) is 36.2 Å². The Morgan fingerprint density at radius 2 is 2.37 bits per heavy atom. The fourth-order valence-electron chi connectivity index (χ4n) is 2.60. The van der Waals surface area contributed by atoms with Crippen molar-refractivity contribution in [3.8, 4) is 11.8 Å². The molecule has 104 valence electrons. The molecule has 1 aromatic heterocycles. The van der Waals surface area contributed by atoms with Crippen LogP contribution in [0.2, 0.25) is 0 Å². The molecular formula is C15H22N2OS. The molecule has 0 aliphatic carbocycles. The van der Waals surface area contributed by atoms with Gasteiger partial charge in [-0.15, -0.1) is 11.3 Å². The van der Waals surface area contributed by atoms with E-state index in [2.05, 4.69) is 28.9 Å². The predicted molar refractivity (Wildman–Crippen MR) is 80.0 cm³/mol. The lowest BCUT2D eigenvalue weighted by Crippen LogP contribution is -2.35. The molecule has 1 fully saturated rings. The van der Waals surface area contributed by atoms with E-state index >= 15 is 0 Å². The minimum atomic E-state index is 0.316. The van der Waals surface area contributed by atoms with E-state index in [4.69, 9.17) is 10.8 Å². The second-order valence-corrected chi connectivity index (χ2v) is 6.20. The maximum absolute atomic E-state index is 9.04. The van der Waals surface area contributed by atoms with Crippen molar-refractivity contribution >= 4 is 11.3 Å². The van der Waals surface area contributed by atoms with Crippen LogP contribution >= 0.6 is 11.3 Å². The van der Waals surface area contributed by atoms with Crippen molar-refractivity contribution in [3.05, 3.63) is 21.9 Å². The molecule has 0 amide bonds. The third-order valence-electron chi connectivity index (χ3n) is 3.50. The molecule has 1 aromatic rings. The number of hydrogen-bond donors (Lipinski definition) is 2. The zero-order valence-electron chi connectivity index (χ0n) is 11.3. The summed E-state index contributed by atoms with van der Waals surface area (Å²) in [5.41, 5.74) is 5.38. The van der Waals surface area contributed by atoms with Crippen LogP contribution in [0, 0.1) is 17.8 Å². The molecule has 1 saturated heterocycles. The molecule has 1 unspecified atom stereocenters. The molecule has 2 rings (SSSR count). The molecule has 19 heavy (non-hydrogen) atoms. The smallest absolute Gasteiger partial charge is 0.0772 e. The summed E-state index contributed by atoms with van der Waals surface area (Å²) in [6.45, 7) is 4.03. The molecule has 3 nitrogen and oxygen atoms in total. The molecule has 0 bridgehead atoms. The van der Waals surface area contributed by atoms with E-state index in [0.29, 0.717) is 19.1 Å². The molecule has 0 spiro atoms. The molecule has 0 saturated carbocycles. The highest BCUT2D eigenvalue weighted by Crippen LogP contribution is 2.23. The average molecular weight is 278 g/mol. The Labute approximate surface area is 119 Å². The number of aliphatic hydroxyl groups is 1. The van der Waals surface area contributed by atoms with E-state index < -0.39 is 0 Å². The second-order valence-electron chi connectivity index (χ2n) is 5.03. The number of hydrogen-bond acceptors (Lipinski definition) is 4. The van der Waals surface area contributed by atoms with Crippen LogP contribution in [0.4, 0.5) is 0 Å². The van der Waals surface area contributed by atoms with Gasteiger partial charge in [-0.3, -0.25) is 4.90 Å². The van der Waals surface area contributed by atoms with Crippen molar-refractivity contribution in [3.63, 3.8) is 0 Å². The van der Waals surface area contributed by atoms with E-state index in [1.54, 1.807) is 11.3 Å². The van der Waals surface area contributed by atoms with Crippen molar-refractivity contribution in [1.29, 1.82) is 0 Å². The summed E-state index contributed by atoms with van der Waals surface area (Å²) < 4.78 is 0. The first-order valence-electron chi connectivity index (χ1n) is 6.92. The minimum absolute atomic E-state index is 0.316. The first-order valence-corrected chi connectivity index (χ1v) is 7.74. The van der Waals surface area contributed by atoms with Gasteiger partial charge in [-0.05, 0) is 43.9 Å². The van der Waals surface area contributed by atoms with Gasteiger partial charge in [0.1, 0.15) is 0 Å². The van der Waals surface area contributed by atoms with Crippen LogP contribution in [-0.2, 0) is 6.54 Å². The summed E-state index contributed by atoms with van der Waals surface area (Å²) in [5, 5.41) is 9.04. The summed E-state index contributed by atoms with van der Waals surface area (Å²) in [6.07, 6.45) is 3.44. The van der Waals surface area contributed by atoms with Crippen LogP contribution < -0.4 is 5.73 Å². The molecule has 1 aliphatic rings. The van der Waals surface area contributed by atoms with Crippen LogP contribution in [0.5, 0.6) is 0 Å². The number of piperidine rings is 1. The normalized spacial score (nSPS) is 20.0. The van der Waals surface area contributed by atoms with Gasteiger partial charge in [0, 0.05) is 24.6 Å². The van der Waals surface area contributed by atoms with E-state index in [1.807, 2.05) is 0 Å². The summed E-state index contributed by atoms with van der Waals surface area (Å²) in [7, 11) is 0. The van der Waals surface area contributed by atoms with Gasteiger partial charge in [-0.25, -0.2) is 0 Å². The van der Waals surface area contributed by atoms with Gasteiger partial charge in [0.2, 0.25) is 0 Å². The fraction of sp³-hybridized carbons (Fsp3) is 0.600. The van der Waals surface area contributed by atoms with Gasteiger partial charge in [0.15, 0.2) is 0 Å². The molecule has 1 aliphatic heterocycles. The topological polar surface area (TPSA) is 49.5 Å². The highest BCUT2D eigenvalue weighted by Gasteiger charge is 2.19. The number of likely N-dealkylation sites (tertiary alicyclic amines) is 1. The van der Waals surface area contributed by atoms with Crippen molar-refractivity contribution in [1.82, 2.24) is 4.90 Å². The monoisotopic (exact) mass is 278 g/mol. The lowest BCUT2D eigenvalue weighted by atomic mass is 9.95. The minimum Gasteiger partial charge on any atom is -0.396 e. The molecule has 0 radical (unpaired) electrons. The standard InChI is InChI=1S/C15H22N2OS/c16-8-1-4-14-5-6-15(19-14)12-17-9-2-3-13(11-17)7-10-18/h5-6,13,18H,2-3,7-12,16H2. The number of aliphatic hydroxyl groups excluding tert-OH is 1. The summed E-state index contributed by atoms with van der Waals surface area (Å²) in [5.74, 6) is 6.64. The van der Waals surface area contributed by atoms with Crippen LogP contribution in [0.15, 0.2) is 12.1 Å². The predicted octanol–water partition coefficient (Wildman–Crippen LogP) is 1.65. The van der Waals surface area contributed by atoms with Crippen molar-refractivity contribution in [2.24, 2.45) is 11.7 Å². The van der Waals surface area contributed by atoms with Crippen LogP contribution in [0.3, 0.4) is 0 Å². The van der Waals surface area contributed by atoms with E-state index in [0.717, 1.165) is 24.4 Å². The first-order chi connectivity index (χ1) is 9.31. The lowest BCUT2D eigenvalue weighted by Gasteiger charge is -2.32. The van der Waals surface area contributed by atoms with Crippen molar-refractivity contribution in [2.45, 2.75) is 25.8 Å². The van der Waals surface area contributed by atoms with E-state index in [1.165, 1.54) is 24.3 Å². The highest BCUT2D eigenvalue weighted by molar-refractivity contribution is 7.12. The number of nitrogens with zero attached hydrogens (tertiary/aromatic N) is 1. The number of rotatable bonds is 4. The van der Waals surface area contributed by atoms with Crippen molar-refractivity contribution < 1.29 is 5.11 Å². The number of thiophene rings is 1. The van der Waals surface area contributed by atoms with E-state index in [-0.39, 0.29) is 0 Å². The summed E-state index contributed by atoms with van der Waals surface area (Å²) in [6, 6.07) is 4.25. The lowest BCUT2D eigenvalue weighted by molar-refractivity contribution is 0.143. The van der Waals surface area contributed by atoms with Gasteiger partial charge in [-0.2, -0.15) is 0 Å². The Morgan fingerprint density at radius 1 is 1.47 bits per heavy atom. The zero-order chi connectivity index (χ0) is 13.5. The molecule has 1 atom stereocenters. The molecular weight excluding hydrogens is 256 g/mol. The Bertz CT molecular complexity index is 444. The largest absolute Gasteiger partial charge is 0.396 e. The van der Waals surface area contributed by atoms with Crippen LogP contribution in [0.1, 0.15) is 29.0 Å². The Balaban J connectivity index is 1.88. The van der Waals surface area contributed by atoms with Gasteiger partial charge in [0.05, 0.1) is 11.4 Å². The second kappa shape index (κ2) is 7.66. The van der Waals surface area contributed by atoms with Crippen LogP contribution in [0.25, 0.3) is 0 Å². The number of nitrogens with two attached hydrogens (primary N) is 1. The van der Waals surface area contributed by atoms with Crippen molar-refractivity contribution in [2.75, 3.05) is 26.2 Å². The van der Waals surface area contributed by atoms with Gasteiger partial charge < -0.3 is 10.8 Å². The summed E-state index contributed by atoms with van der Waals surface area (Å²) in [4.78, 5) is 4.96. The maximum atomic E-state index is 9.04. The Morgan fingerprint density at radius 3 is 3.16 bits per heavy atom. The fourth-order valence-corrected chi connectivity index (χ4v) is 3.53. The summed E-state index contributed by atoms with van der Waals surface area (Å²) >= 11 is 1.76. The SMILES string of the molecule is NCC#Cc1ccc(CN2CCCC(CCO)C2)s1. The first kappa shape index (κ1) is 14.5. The average Bonchev–Trinajstić information content (AvgIpc) is 2.85. The maximum Gasteiger partial charge on any atom is 0.0772 e. The Hall–Kier alpha value is -0.860. The molecule has 3 N–H and O–H groups in total. The molecule has 0 aromatic carbocycles. The van der Waals surface area contributed by atoms with Gasteiger partial charge >= 0.3 is 0 Å². The third-order valence-corrected chi connectivity index (χ3v) is 4.48. The molecule has 2 heterocycles. The third kappa shape index (κ3) is 4.63. The van der Waals surface area contributed by atoms with E-state index in [9.17, 15) is 0 Å². The zero-order valence-corrected chi connectivity index (χ0v) is 12.1. The Kier molecular flexibility index (Phi) is 5.87. The van der Waals surface area contributed by atoms with Gasteiger partial charge in [0.25, 0.3) is 0 Å². The van der Waals surface area contributed by atoms with Gasteiger partial charge in [-0.1, -0.05) is 11.8 Å². The highest BCUT2D eigenvalue weighted by atomic mass is 32.1. The quantitative estimate of drug-likeness (QED) is 0.824.